The summed E-state index contributed by atoms with van der Waals surface area (Å²) in [5, 5.41) is 24.3. The van der Waals surface area contributed by atoms with Gasteiger partial charge in [0.2, 0.25) is 5.91 Å². The molecule has 13 heteroatoms. The van der Waals surface area contributed by atoms with Crippen LogP contribution in [-0.4, -0.2) is 43.8 Å². The molecule has 0 saturated carbocycles. The van der Waals surface area contributed by atoms with Gasteiger partial charge in [0.15, 0.2) is 6.79 Å². The summed E-state index contributed by atoms with van der Waals surface area (Å²) >= 11 is 0. The highest BCUT2D eigenvalue weighted by atomic mass is 16.7. The molecule has 164 valence electrons. The summed E-state index contributed by atoms with van der Waals surface area (Å²) < 4.78 is 17.2. The summed E-state index contributed by atoms with van der Waals surface area (Å²) in [6.45, 7) is -0.276. The van der Waals surface area contributed by atoms with E-state index in [1.165, 1.54) is 29.2 Å². The lowest BCUT2D eigenvalue weighted by molar-refractivity contribution is -0.385. The molecule has 1 N–H and O–H groups in total. The van der Waals surface area contributed by atoms with E-state index in [9.17, 15) is 19.7 Å². The number of carbonyl (C=O) groups excluding carboxylic acids is 2. The van der Waals surface area contributed by atoms with E-state index in [4.69, 9.17) is 14.2 Å². The van der Waals surface area contributed by atoms with Crippen LogP contribution in [0.1, 0.15) is 21.5 Å². The third kappa shape index (κ3) is 4.67. The fraction of sp³-hybridized carbons (Fsp3) is 0.211. The zero-order valence-electron chi connectivity index (χ0n) is 16.5. The molecule has 0 saturated heterocycles. The lowest BCUT2D eigenvalue weighted by Gasteiger charge is -2.20. The molecule has 0 bridgehead atoms. The molecule has 1 aromatic heterocycles. The van der Waals surface area contributed by atoms with Crippen LogP contribution in [0.5, 0.6) is 5.75 Å². The van der Waals surface area contributed by atoms with E-state index in [2.05, 4.69) is 20.8 Å². The molecule has 2 heterocycles. The maximum absolute atomic E-state index is 12.7. The van der Waals surface area contributed by atoms with E-state index >= 15 is 0 Å². The molecule has 32 heavy (non-hydrogen) atoms. The Kier molecular flexibility index (Phi) is 5.98. The summed E-state index contributed by atoms with van der Waals surface area (Å²) in [4.78, 5) is 35.6. The third-order valence-corrected chi connectivity index (χ3v) is 4.46. The highest BCUT2D eigenvalue weighted by Gasteiger charge is 2.22. The minimum absolute atomic E-state index is 0.0120. The molecule has 0 fully saturated rings. The van der Waals surface area contributed by atoms with E-state index in [1.807, 2.05) is 0 Å². The van der Waals surface area contributed by atoms with Crippen molar-refractivity contribution in [2.24, 2.45) is 0 Å². The van der Waals surface area contributed by atoms with E-state index in [1.54, 1.807) is 18.2 Å². The second-order valence-electron chi connectivity index (χ2n) is 6.64. The Bertz CT molecular complexity index is 1160. The molecule has 4 rings (SSSR count). The highest BCUT2D eigenvalue weighted by molar-refractivity contribution is 6.01. The van der Waals surface area contributed by atoms with Gasteiger partial charge in [-0.05, 0) is 22.6 Å². The largest absolute Gasteiger partial charge is 0.467 e. The van der Waals surface area contributed by atoms with Crippen molar-refractivity contribution in [1.29, 1.82) is 0 Å². The number of nitro groups is 1. The molecule has 0 spiro atoms. The maximum Gasteiger partial charge on any atom is 0.340 e. The first-order chi connectivity index (χ1) is 15.5. The molecule has 0 aliphatic carbocycles. The third-order valence-electron chi connectivity index (χ3n) is 4.46. The van der Waals surface area contributed by atoms with Crippen molar-refractivity contribution in [3.05, 3.63) is 69.5 Å². The SMILES string of the molecule is O=C(Cn1cnnn1)Nc1ccccc1C(=O)OCc1cc([N+](=O)[O-])cc2c1OCOC2. The van der Waals surface area contributed by atoms with Gasteiger partial charge in [0, 0.05) is 23.3 Å². The minimum atomic E-state index is -0.726. The first-order valence-corrected chi connectivity index (χ1v) is 9.29. The summed E-state index contributed by atoms with van der Waals surface area (Å²) in [7, 11) is 0. The van der Waals surface area contributed by atoms with Crippen molar-refractivity contribution in [1.82, 2.24) is 20.2 Å². The van der Waals surface area contributed by atoms with Gasteiger partial charge < -0.3 is 19.5 Å². The van der Waals surface area contributed by atoms with Crippen molar-refractivity contribution in [3.63, 3.8) is 0 Å². The van der Waals surface area contributed by atoms with Gasteiger partial charge in [-0.1, -0.05) is 12.1 Å². The van der Waals surface area contributed by atoms with Crippen molar-refractivity contribution in [2.75, 3.05) is 12.1 Å². The van der Waals surface area contributed by atoms with E-state index < -0.39 is 16.8 Å². The number of aromatic nitrogens is 4. The number of tetrazole rings is 1. The van der Waals surface area contributed by atoms with Gasteiger partial charge in [-0.2, -0.15) is 0 Å². The lowest BCUT2D eigenvalue weighted by atomic mass is 10.1. The summed E-state index contributed by atoms with van der Waals surface area (Å²) in [5.41, 5.74) is 1.01. The Morgan fingerprint density at radius 3 is 2.91 bits per heavy atom. The molecule has 3 aromatic rings. The first kappa shape index (κ1) is 20.9. The van der Waals surface area contributed by atoms with Gasteiger partial charge in [-0.25, -0.2) is 9.48 Å². The second kappa shape index (κ2) is 9.18. The van der Waals surface area contributed by atoms with Crippen molar-refractivity contribution < 1.29 is 28.7 Å². The first-order valence-electron chi connectivity index (χ1n) is 9.29. The van der Waals surface area contributed by atoms with E-state index in [-0.39, 0.29) is 43.5 Å². The number of nitrogens with one attached hydrogen (secondary N) is 1. The number of amides is 1. The molecule has 0 atom stereocenters. The molecule has 1 amide bonds. The monoisotopic (exact) mass is 440 g/mol. The molecule has 1 aliphatic rings. The zero-order valence-corrected chi connectivity index (χ0v) is 16.5. The van der Waals surface area contributed by atoms with Crippen LogP contribution < -0.4 is 10.1 Å². The van der Waals surface area contributed by atoms with Crippen LogP contribution in [0.4, 0.5) is 11.4 Å². The number of non-ortho nitro benzene ring substituents is 1. The number of nitro benzene ring substituents is 1. The number of fused-ring (bicyclic) bond motifs is 1. The number of hydrogen-bond acceptors (Lipinski definition) is 10. The quantitative estimate of drug-likeness (QED) is 0.323. The number of esters is 1. The number of anilines is 1. The predicted octanol–water partition coefficient (Wildman–Crippen LogP) is 1.44. The fourth-order valence-electron chi connectivity index (χ4n) is 3.07. The van der Waals surface area contributed by atoms with Crippen molar-refractivity contribution >= 4 is 23.3 Å². The minimum Gasteiger partial charge on any atom is -0.467 e. The Morgan fingerprint density at radius 2 is 2.12 bits per heavy atom. The molecule has 0 radical (unpaired) electrons. The van der Waals surface area contributed by atoms with Crippen LogP contribution in [0.3, 0.4) is 0 Å². The molecule has 2 aromatic carbocycles. The summed E-state index contributed by atoms with van der Waals surface area (Å²) in [6.07, 6.45) is 1.28. The van der Waals surface area contributed by atoms with Crippen LogP contribution in [0.15, 0.2) is 42.7 Å². The Hall–Kier alpha value is -4.39. The van der Waals surface area contributed by atoms with Gasteiger partial charge in [0.1, 0.15) is 25.2 Å². The number of carbonyl (C=O) groups is 2. The molecular weight excluding hydrogens is 424 g/mol. The van der Waals surface area contributed by atoms with Crippen LogP contribution in [0.2, 0.25) is 0 Å². The van der Waals surface area contributed by atoms with E-state index in [0.29, 0.717) is 16.9 Å². The topological polar surface area (TPSA) is 161 Å². The molecular formula is C19H16N6O7. The van der Waals surface area contributed by atoms with Gasteiger partial charge in [-0.15, -0.1) is 5.10 Å². The normalized spacial score (nSPS) is 12.4. The molecule has 13 nitrogen and oxygen atoms in total. The van der Waals surface area contributed by atoms with Gasteiger partial charge in [-0.3, -0.25) is 14.9 Å². The van der Waals surface area contributed by atoms with Gasteiger partial charge in [0.25, 0.3) is 5.69 Å². The van der Waals surface area contributed by atoms with E-state index in [0.717, 1.165) is 0 Å². The number of benzene rings is 2. The molecule has 0 unspecified atom stereocenters. The van der Waals surface area contributed by atoms with Crippen molar-refractivity contribution in [3.8, 4) is 5.75 Å². The van der Waals surface area contributed by atoms with Crippen molar-refractivity contribution in [2.45, 2.75) is 19.8 Å². The van der Waals surface area contributed by atoms with Gasteiger partial charge >= 0.3 is 5.97 Å². The summed E-state index contributed by atoms with van der Waals surface area (Å²) in [6, 6.07) is 8.94. The number of rotatable bonds is 7. The lowest BCUT2D eigenvalue weighted by Crippen LogP contribution is -2.21. The van der Waals surface area contributed by atoms with Crippen LogP contribution in [0.25, 0.3) is 0 Å². The molecule has 1 aliphatic heterocycles. The predicted molar refractivity (Wildman–Crippen MR) is 105 cm³/mol. The van der Waals surface area contributed by atoms with Gasteiger partial charge in [0.05, 0.1) is 22.8 Å². The number of para-hydroxylation sites is 1. The average Bonchev–Trinajstić information content (AvgIpc) is 3.30. The fourth-order valence-corrected chi connectivity index (χ4v) is 3.07. The van der Waals surface area contributed by atoms with Crippen LogP contribution >= 0.6 is 0 Å². The number of hydrogen-bond donors (Lipinski definition) is 1. The Labute approximate surface area is 180 Å². The second-order valence-corrected chi connectivity index (χ2v) is 6.64. The van der Waals surface area contributed by atoms with Crippen LogP contribution in [0, 0.1) is 10.1 Å². The average molecular weight is 440 g/mol. The summed E-state index contributed by atoms with van der Waals surface area (Å²) in [5.74, 6) is -0.785. The highest BCUT2D eigenvalue weighted by Crippen LogP contribution is 2.33. The standard InChI is InChI=1S/C19H16N6O7/c26-17(7-24-10-20-22-23-24)21-16-4-2-1-3-15(16)19(27)31-9-13-6-14(25(28)29)5-12-8-30-11-32-18(12)13/h1-6,10H,7-9,11H2,(H,21,26). The smallest absolute Gasteiger partial charge is 0.340 e. The Morgan fingerprint density at radius 1 is 1.28 bits per heavy atom. The zero-order chi connectivity index (χ0) is 22.5. The number of ether oxygens (including phenoxy) is 3. The maximum atomic E-state index is 12.7. The Balaban J connectivity index is 1.49. The van der Waals surface area contributed by atoms with Crippen LogP contribution in [-0.2, 0) is 34.0 Å². The number of nitrogens with zero attached hydrogens (tertiary/aromatic N) is 5.